The number of carbonyl (C=O) groups excluding carboxylic acids is 2. The molecule has 0 bridgehead atoms. The number of benzene rings is 4. The van der Waals surface area contributed by atoms with Crippen LogP contribution in [0, 0.1) is 3.57 Å². The summed E-state index contributed by atoms with van der Waals surface area (Å²) in [6.45, 7) is 1.82. The van der Waals surface area contributed by atoms with E-state index in [1.54, 1.807) is 17.4 Å². The maximum atomic E-state index is 13.4. The number of nitrogens with one attached hydrogen (secondary N) is 1. The van der Waals surface area contributed by atoms with E-state index in [0.29, 0.717) is 17.7 Å². The van der Waals surface area contributed by atoms with Crippen molar-refractivity contribution in [1.29, 1.82) is 0 Å². The van der Waals surface area contributed by atoms with Crippen molar-refractivity contribution < 1.29 is 14.3 Å². The molecule has 1 N–H and O–H groups in total. The quantitative estimate of drug-likeness (QED) is 0.166. The van der Waals surface area contributed by atoms with Gasteiger partial charge in [0.15, 0.2) is 6.10 Å². The summed E-state index contributed by atoms with van der Waals surface area (Å²) < 4.78 is 7.88. The van der Waals surface area contributed by atoms with Crippen molar-refractivity contribution in [2.75, 3.05) is 5.32 Å². The number of hydrogen-bond acceptors (Lipinski definition) is 5. The van der Waals surface area contributed by atoms with Crippen LogP contribution in [0.4, 0.5) is 5.69 Å². The normalized spacial score (nSPS) is 11.9. The van der Waals surface area contributed by atoms with E-state index in [2.05, 4.69) is 27.9 Å². The van der Waals surface area contributed by atoms with Crippen molar-refractivity contribution in [3.63, 3.8) is 0 Å². The first-order chi connectivity index (χ1) is 17.0. The summed E-state index contributed by atoms with van der Waals surface area (Å²) in [5, 5.41) is 5.35. The molecule has 5 nitrogen and oxygen atoms in total. The Bertz CT molecular complexity index is 1510. The van der Waals surface area contributed by atoms with E-state index >= 15 is 0 Å². The third kappa shape index (κ3) is 4.92. The van der Waals surface area contributed by atoms with Crippen LogP contribution in [0.25, 0.3) is 31.6 Å². The first-order valence-electron chi connectivity index (χ1n) is 11.2. The molecule has 5 rings (SSSR count). The number of nitrogens with zero attached hydrogens (tertiary/aromatic N) is 1. The maximum absolute atomic E-state index is 13.4. The first kappa shape index (κ1) is 23.4. The molecule has 0 aliphatic carbocycles. The highest BCUT2D eigenvalue weighted by Crippen LogP contribution is 2.36. The average molecular weight is 592 g/mol. The standard InChI is InChI=1S/C28H21IN2O3S/c1-2-23(26(32)30-19-15-13-18(29)14-16-19)34-28(33)21-10-6-8-17-7-5-9-20(25(17)21)27-31-22-11-3-4-12-24(22)35-27/h3-16,23H,2H2,1H3,(H,30,32). The van der Waals surface area contributed by atoms with Gasteiger partial charge in [-0.3, -0.25) is 4.79 Å². The van der Waals surface area contributed by atoms with E-state index in [1.807, 2.05) is 85.8 Å². The summed E-state index contributed by atoms with van der Waals surface area (Å²) in [4.78, 5) is 31.0. The van der Waals surface area contributed by atoms with Crippen LogP contribution in [0.2, 0.25) is 0 Å². The van der Waals surface area contributed by atoms with Crippen LogP contribution in [0.3, 0.4) is 0 Å². The van der Waals surface area contributed by atoms with Crippen molar-refractivity contribution >= 4 is 72.5 Å². The van der Waals surface area contributed by atoms with Gasteiger partial charge in [-0.2, -0.15) is 0 Å². The Balaban J connectivity index is 1.47. The number of fused-ring (bicyclic) bond motifs is 2. The highest BCUT2D eigenvalue weighted by atomic mass is 127. The third-order valence-electron chi connectivity index (χ3n) is 5.67. The van der Waals surface area contributed by atoms with Gasteiger partial charge in [-0.1, -0.05) is 49.4 Å². The van der Waals surface area contributed by atoms with Gasteiger partial charge in [-0.15, -0.1) is 11.3 Å². The van der Waals surface area contributed by atoms with Gasteiger partial charge in [0.1, 0.15) is 5.01 Å². The topological polar surface area (TPSA) is 68.3 Å². The second-order valence-corrected chi connectivity index (χ2v) is 10.3. The molecule has 4 aromatic carbocycles. The summed E-state index contributed by atoms with van der Waals surface area (Å²) in [6.07, 6.45) is -0.552. The molecule has 1 amide bonds. The zero-order chi connectivity index (χ0) is 24.4. The van der Waals surface area contributed by atoms with E-state index in [-0.39, 0.29) is 5.91 Å². The molecule has 0 fully saturated rings. The second-order valence-electron chi connectivity index (χ2n) is 7.99. The molecule has 0 saturated carbocycles. The summed E-state index contributed by atoms with van der Waals surface area (Å²) in [5.41, 5.74) is 2.86. The lowest BCUT2D eigenvalue weighted by atomic mass is 9.99. The van der Waals surface area contributed by atoms with Gasteiger partial charge < -0.3 is 10.1 Å². The van der Waals surface area contributed by atoms with Crippen molar-refractivity contribution in [2.24, 2.45) is 0 Å². The monoisotopic (exact) mass is 592 g/mol. The van der Waals surface area contributed by atoms with E-state index in [4.69, 9.17) is 9.72 Å². The fourth-order valence-corrected chi connectivity index (χ4v) is 5.30. The van der Waals surface area contributed by atoms with Crippen molar-refractivity contribution in [3.8, 4) is 10.6 Å². The van der Waals surface area contributed by atoms with Crippen molar-refractivity contribution in [2.45, 2.75) is 19.4 Å². The molecular weight excluding hydrogens is 571 g/mol. The summed E-state index contributed by atoms with van der Waals surface area (Å²) in [5.74, 6) is -0.887. The third-order valence-corrected chi connectivity index (χ3v) is 7.46. The molecule has 1 atom stereocenters. The van der Waals surface area contributed by atoms with Crippen LogP contribution < -0.4 is 5.32 Å². The largest absolute Gasteiger partial charge is 0.449 e. The van der Waals surface area contributed by atoms with Crippen LogP contribution in [-0.2, 0) is 9.53 Å². The van der Waals surface area contributed by atoms with Crippen molar-refractivity contribution in [1.82, 2.24) is 4.98 Å². The Hall–Kier alpha value is -3.30. The number of halogens is 1. The lowest BCUT2D eigenvalue weighted by molar-refractivity contribution is -0.124. The number of aromatic nitrogens is 1. The number of rotatable bonds is 6. The summed E-state index contributed by atoms with van der Waals surface area (Å²) >= 11 is 3.79. The SMILES string of the molecule is CCC(OC(=O)c1cccc2cccc(-c3nc4ccccc4s3)c12)C(=O)Nc1ccc(I)cc1. The number of esters is 1. The minimum atomic E-state index is -0.911. The molecule has 1 aromatic heterocycles. The highest BCUT2D eigenvalue weighted by Gasteiger charge is 2.24. The van der Waals surface area contributed by atoms with E-state index in [1.165, 1.54) is 0 Å². The van der Waals surface area contributed by atoms with Gasteiger partial charge in [0.2, 0.25) is 0 Å². The number of carbonyl (C=O) groups is 2. The van der Waals surface area contributed by atoms with Gasteiger partial charge in [0.25, 0.3) is 5.91 Å². The molecule has 5 aromatic rings. The molecular formula is C28H21IN2O3S. The van der Waals surface area contributed by atoms with Gasteiger partial charge in [-0.25, -0.2) is 9.78 Å². The molecule has 0 aliphatic heterocycles. The molecule has 7 heteroatoms. The molecule has 0 aliphatic rings. The summed E-state index contributed by atoms with van der Waals surface area (Å²) in [6, 6.07) is 26.8. The Kier molecular flexibility index (Phi) is 6.79. The molecule has 0 spiro atoms. The predicted molar refractivity (Wildman–Crippen MR) is 150 cm³/mol. The predicted octanol–water partition coefficient (Wildman–Crippen LogP) is 7.30. The van der Waals surface area contributed by atoms with Gasteiger partial charge >= 0.3 is 5.97 Å². The number of hydrogen-bond donors (Lipinski definition) is 1. The molecule has 1 heterocycles. The first-order valence-corrected chi connectivity index (χ1v) is 13.1. The zero-order valence-corrected chi connectivity index (χ0v) is 21.8. The van der Waals surface area contributed by atoms with Crippen LogP contribution in [0.1, 0.15) is 23.7 Å². The minimum absolute atomic E-state index is 0.353. The number of para-hydroxylation sites is 1. The fraction of sp³-hybridized carbons (Fsp3) is 0.107. The van der Waals surface area contributed by atoms with Gasteiger partial charge in [0, 0.05) is 20.2 Å². The molecule has 35 heavy (non-hydrogen) atoms. The number of thiazole rings is 1. The number of ether oxygens (including phenoxy) is 1. The zero-order valence-electron chi connectivity index (χ0n) is 18.8. The van der Waals surface area contributed by atoms with Crippen LogP contribution in [0.15, 0.2) is 84.9 Å². The van der Waals surface area contributed by atoms with Gasteiger partial charge in [0.05, 0.1) is 15.8 Å². The Morgan fingerprint density at radius 2 is 1.71 bits per heavy atom. The molecule has 0 saturated heterocycles. The Morgan fingerprint density at radius 1 is 0.971 bits per heavy atom. The highest BCUT2D eigenvalue weighted by molar-refractivity contribution is 14.1. The number of amides is 1. The minimum Gasteiger partial charge on any atom is -0.449 e. The second kappa shape index (κ2) is 10.1. The molecule has 174 valence electrons. The molecule has 1 unspecified atom stereocenters. The lowest BCUT2D eigenvalue weighted by Crippen LogP contribution is -2.32. The van der Waals surface area contributed by atoms with Crippen LogP contribution in [-0.4, -0.2) is 23.0 Å². The fourth-order valence-electron chi connectivity index (χ4n) is 3.95. The van der Waals surface area contributed by atoms with Gasteiger partial charge in [-0.05, 0) is 76.9 Å². The van der Waals surface area contributed by atoms with E-state index in [9.17, 15) is 9.59 Å². The van der Waals surface area contributed by atoms with E-state index < -0.39 is 12.1 Å². The van der Waals surface area contributed by atoms with Crippen molar-refractivity contribution in [3.05, 3.63) is 94.1 Å². The summed E-state index contributed by atoms with van der Waals surface area (Å²) in [7, 11) is 0. The number of anilines is 1. The Morgan fingerprint density at radius 3 is 2.46 bits per heavy atom. The van der Waals surface area contributed by atoms with Crippen LogP contribution in [0.5, 0.6) is 0 Å². The van der Waals surface area contributed by atoms with E-state index in [0.717, 1.165) is 35.1 Å². The lowest BCUT2D eigenvalue weighted by Gasteiger charge is -2.17. The molecule has 0 radical (unpaired) electrons. The maximum Gasteiger partial charge on any atom is 0.339 e. The smallest absolute Gasteiger partial charge is 0.339 e. The average Bonchev–Trinajstić information content (AvgIpc) is 3.32. The Labute approximate surface area is 220 Å². The van der Waals surface area contributed by atoms with Crippen LogP contribution >= 0.6 is 33.9 Å².